The highest BCUT2D eigenvalue weighted by Gasteiger charge is 2.29. The van der Waals surface area contributed by atoms with Crippen molar-refractivity contribution in [2.75, 3.05) is 45.2 Å². The van der Waals surface area contributed by atoms with Crippen molar-refractivity contribution in [2.24, 2.45) is 7.05 Å². The third-order valence-corrected chi connectivity index (χ3v) is 11.5. The zero-order chi connectivity index (χ0) is 37.8. The molecule has 3 aliphatic heterocycles. The van der Waals surface area contributed by atoms with E-state index >= 15 is 0 Å². The molecule has 14 heteroatoms. The Morgan fingerprint density at radius 2 is 1.83 bits per heavy atom. The molecular weight excluding hydrogens is 727 g/mol. The first-order valence-corrected chi connectivity index (χ1v) is 19.4. The fourth-order valence-corrected chi connectivity index (χ4v) is 8.25. The summed E-state index contributed by atoms with van der Waals surface area (Å²) in [6, 6.07) is 13.2. The van der Waals surface area contributed by atoms with Crippen molar-refractivity contribution in [2.45, 2.75) is 64.1 Å². The molecule has 2 saturated heterocycles. The molecule has 4 aromatic rings. The smallest absolute Gasteiger partial charge is 0.291 e. The number of ether oxygens (including phenoxy) is 1. The van der Waals surface area contributed by atoms with E-state index < -0.39 is 5.91 Å². The number of hydrogen-bond acceptors (Lipinski definition) is 8. The van der Waals surface area contributed by atoms with Crippen LogP contribution < -0.4 is 20.7 Å². The molecule has 3 N–H and O–H groups in total. The van der Waals surface area contributed by atoms with Gasteiger partial charge in [-0.05, 0) is 50.6 Å². The number of likely N-dealkylation sites (tertiary alicyclic amines) is 1. The highest BCUT2D eigenvalue weighted by Crippen LogP contribution is 2.41. The normalized spacial score (nSPS) is 17.3. The van der Waals surface area contributed by atoms with E-state index in [4.69, 9.17) is 32.9 Å². The van der Waals surface area contributed by atoms with E-state index in [9.17, 15) is 14.4 Å². The van der Waals surface area contributed by atoms with Crippen molar-refractivity contribution in [1.82, 2.24) is 35.0 Å². The molecule has 284 valence electrons. The van der Waals surface area contributed by atoms with Gasteiger partial charge in [-0.1, -0.05) is 53.9 Å². The van der Waals surface area contributed by atoms with E-state index in [0.717, 1.165) is 48.6 Å². The summed E-state index contributed by atoms with van der Waals surface area (Å²) in [6.07, 6.45) is 7.86. The van der Waals surface area contributed by atoms with Gasteiger partial charge in [-0.15, -0.1) is 0 Å². The van der Waals surface area contributed by atoms with E-state index in [0.29, 0.717) is 83.7 Å². The van der Waals surface area contributed by atoms with E-state index in [2.05, 4.69) is 25.8 Å². The second-order valence-electron chi connectivity index (χ2n) is 14.2. The number of nitrogens with one attached hydrogen (secondary N) is 3. The molecule has 0 spiro atoms. The predicted octanol–water partition coefficient (Wildman–Crippen LogP) is 5.85. The molecule has 0 unspecified atom stereocenters. The number of carbonyl (C=O) groups is 3. The number of amides is 3. The van der Waals surface area contributed by atoms with E-state index in [1.54, 1.807) is 25.4 Å². The van der Waals surface area contributed by atoms with Crippen molar-refractivity contribution in [3.63, 3.8) is 0 Å². The van der Waals surface area contributed by atoms with Gasteiger partial charge in [-0.2, -0.15) is 0 Å². The molecule has 0 aliphatic carbocycles. The summed E-state index contributed by atoms with van der Waals surface area (Å²) in [5.41, 5.74) is 5.70. The third-order valence-electron chi connectivity index (χ3n) is 10.7. The second kappa shape index (κ2) is 16.9. The molecule has 3 amide bonds. The number of hydrogen-bond donors (Lipinski definition) is 3. The maximum Gasteiger partial charge on any atom is 0.291 e. The third kappa shape index (κ3) is 8.27. The van der Waals surface area contributed by atoms with Gasteiger partial charge in [-0.25, -0.2) is 4.98 Å². The Hall–Kier alpha value is -4.49. The number of benzene rings is 2. The lowest BCUT2D eigenvalue weighted by Crippen LogP contribution is -2.39. The van der Waals surface area contributed by atoms with Gasteiger partial charge in [0, 0.05) is 92.7 Å². The van der Waals surface area contributed by atoms with Crippen LogP contribution in [0.2, 0.25) is 10.0 Å². The van der Waals surface area contributed by atoms with Crippen molar-refractivity contribution in [3.05, 3.63) is 81.5 Å². The summed E-state index contributed by atoms with van der Waals surface area (Å²) < 4.78 is 7.54. The molecule has 2 aromatic heterocycles. The van der Waals surface area contributed by atoms with Crippen LogP contribution in [-0.4, -0.2) is 87.9 Å². The quantitative estimate of drug-likeness (QED) is 0.164. The lowest BCUT2D eigenvalue weighted by atomic mass is 10.0. The van der Waals surface area contributed by atoms with E-state index in [-0.39, 0.29) is 23.7 Å². The summed E-state index contributed by atoms with van der Waals surface area (Å²) in [5, 5.41) is 10.1. The number of aromatic nitrogens is 3. The zero-order valence-electron chi connectivity index (χ0n) is 30.7. The molecule has 0 radical (unpaired) electrons. The average Bonchev–Trinajstić information content (AvgIpc) is 3.76. The topological polar surface area (TPSA) is 134 Å². The average molecular weight is 774 g/mol. The Morgan fingerprint density at radius 3 is 2.61 bits per heavy atom. The number of pyridine rings is 1. The largest absolute Gasteiger partial charge is 0.496 e. The molecule has 0 bridgehead atoms. The monoisotopic (exact) mass is 772 g/mol. The lowest BCUT2D eigenvalue weighted by molar-refractivity contribution is -0.132. The maximum atomic E-state index is 13.7. The van der Waals surface area contributed by atoms with Crippen LogP contribution in [0.3, 0.4) is 0 Å². The van der Waals surface area contributed by atoms with Gasteiger partial charge < -0.3 is 35.1 Å². The molecule has 5 heterocycles. The summed E-state index contributed by atoms with van der Waals surface area (Å²) in [4.78, 5) is 51.8. The SMILES string of the molecule is COc1cc(-c2nccc(-c3cccc(NC(=O)c4nc5c(n4C)CCN(C(=O)CCN4CCCCC4)C5)c3Cl)c2Cl)ccc1CNC[C@@H]1CCC(=O)N1. The Labute approximate surface area is 325 Å². The van der Waals surface area contributed by atoms with Gasteiger partial charge >= 0.3 is 0 Å². The number of nitrogens with zero attached hydrogens (tertiary/aromatic N) is 5. The fourth-order valence-electron chi connectivity index (χ4n) is 7.66. The Morgan fingerprint density at radius 1 is 1.02 bits per heavy atom. The summed E-state index contributed by atoms with van der Waals surface area (Å²) in [5.74, 6) is 0.762. The van der Waals surface area contributed by atoms with Gasteiger partial charge in [0.2, 0.25) is 11.8 Å². The number of anilines is 1. The van der Waals surface area contributed by atoms with Gasteiger partial charge in [0.15, 0.2) is 5.82 Å². The minimum absolute atomic E-state index is 0.0940. The molecule has 0 saturated carbocycles. The maximum absolute atomic E-state index is 13.7. The first kappa shape index (κ1) is 37.8. The van der Waals surface area contributed by atoms with Gasteiger partial charge in [0.1, 0.15) is 5.75 Å². The van der Waals surface area contributed by atoms with E-state index in [1.165, 1.54) is 19.3 Å². The molecule has 1 atom stereocenters. The van der Waals surface area contributed by atoms with Gasteiger partial charge in [0.25, 0.3) is 5.91 Å². The number of rotatable bonds is 12. The van der Waals surface area contributed by atoms with Crippen molar-refractivity contribution in [3.8, 4) is 28.1 Å². The summed E-state index contributed by atoms with van der Waals surface area (Å²) in [7, 11) is 3.46. The van der Waals surface area contributed by atoms with Crippen LogP contribution in [0.15, 0.2) is 48.7 Å². The van der Waals surface area contributed by atoms with Crippen molar-refractivity contribution in [1.29, 1.82) is 0 Å². The summed E-state index contributed by atoms with van der Waals surface area (Å²) >= 11 is 14.0. The number of imidazole rings is 1. The van der Waals surface area contributed by atoms with E-state index in [1.807, 2.05) is 46.8 Å². The summed E-state index contributed by atoms with van der Waals surface area (Å²) in [6.45, 7) is 5.16. The molecular formula is C40H46Cl2N8O4. The van der Waals surface area contributed by atoms with Gasteiger partial charge in [-0.3, -0.25) is 19.4 Å². The Balaban J connectivity index is 1.03. The molecule has 2 fully saturated rings. The molecule has 12 nitrogen and oxygen atoms in total. The molecule has 7 rings (SSSR count). The highest BCUT2D eigenvalue weighted by atomic mass is 35.5. The number of fused-ring (bicyclic) bond motifs is 1. The fraction of sp³-hybridized carbons (Fsp3) is 0.425. The van der Waals surface area contributed by atoms with Crippen LogP contribution in [0.25, 0.3) is 22.4 Å². The van der Waals surface area contributed by atoms with Crippen molar-refractivity contribution >= 4 is 46.6 Å². The van der Waals surface area contributed by atoms with Crippen LogP contribution in [0.1, 0.15) is 66.1 Å². The standard InChI is InChI=1S/C40H46Cl2N8O4/c1-48-32-14-20-50(35(52)15-19-49-17-4-3-5-18-49)24-31(32)46-39(48)40(53)47-30-8-6-7-28(36(30)41)29-13-16-44-38(37(29)42)25-9-10-26(33(21-25)54-2)22-43-23-27-11-12-34(51)45-27/h6-10,13,16,21,27,43H,3-5,11-12,14-15,17-20,22-24H2,1-2H3,(H,45,51)(H,47,53)/t27-/m0/s1. The number of carbonyl (C=O) groups excluding carboxylic acids is 3. The number of piperidine rings is 1. The first-order chi connectivity index (χ1) is 26.2. The minimum atomic E-state index is -0.398. The number of halogens is 2. The molecule has 3 aliphatic rings. The van der Waals surface area contributed by atoms with Crippen molar-refractivity contribution < 1.29 is 19.1 Å². The van der Waals surface area contributed by atoms with Crippen LogP contribution in [-0.2, 0) is 36.1 Å². The Kier molecular flexibility index (Phi) is 11.8. The minimum Gasteiger partial charge on any atom is -0.496 e. The van der Waals surface area contributed by atoms with Gasteiger partial charge in [0.05, 0.1) is 40.8 Å². The zero-order valence-corrected chi connectivity index (χ0v) is 32.2. The lowest BCUT2D eigenvalue weighted by Gasteiger charge is -2.29. The molecule has 54 heavy (non-hydrogen) atoms. The highest BCUT2D eigenvalue weighted by molar-refractivity contribution is 6.39. The predicted molar refractivity (Wildman–Crippen MR) is 210 cm³/mol. The van der Waals surface area contributed by atoms with Crippen LogP contribution in [0.4, 0.5) is 5.69 Å². The van der Waals surface area contributed by atoms with Crippen LogP contribution in [0.5, 0.6) is 5.75 Å². The Bertz CT molecular complexity index is 2050. The van der Waals surface area contributed by atoms with Crippen LogP contribution >= 0.6 is 23.2 Å². The first-order valence-electron chi connectivity index (χ1n) is 18.7. The number of methoxy groups -OCH3 is 1. The second-order valence-corrected chi connectivity index (χ2v) is 15.0. The molecule has 2 aromatic carbocycles. The van der Waals surface area contributed by atoms with Crippen LogP contribution in [0, 0.1) is 0 Å².